The fourth-order valence-corrected chi connectivity index (χ4v) is 8.65. The first-order valence-corrected chi connectivity index (χ1v) is 26.9. The molecule has 346 valence electrons. The lowest BCUT2D eigenvalue weighted by molar-refractivity contribution is -0.123. The molecule has 3 N–H and O–H groups in total. The second-order valence-electron chi connectivity index (χ2n) is 18.7. The van der Waals surface area contributed by atoms with Crippen LogP contribution in [0.3, 0.4) is 0 Å². The molecule has 0 bridgehead atoms. The Bertz CT molecular complexity index is 799. The summed E-state index contributed by atoms with van der Waals surface area (Å²) in [7, 11) is 0. The topological polar surface area (TPSA) is 69.6 Å². The average molecular weight is 818 g/mol. The first kappa shape index (κ1) is 57.1. The van der Waals surface area contributed by atoms with E-state index in [1.165, 1.54) is 263 Å². The predicted octanol–water partition coefficient (Wildman–Crippen LogP) is 17.4. The van der Waals surface area contributed by atoms with Crippen LogP contribution >= 0.6 is 0 Å². The Morgan fingerprint density at radius 3 is 0.897 bits per heavy atom. The minimum atomic E-state index is -0.834. The Balaban J connectivity index is 3.41. The monoisotopic (exact) mass is 818 g/mol. The molecular weight excluding hydrogens is 711 g/mol. The lowest BCUT2D eigenvalue weighted by Crippen LogP contribution is -2.45. The third-order valence-corrected chi connectivity index (χ3v) is 12.8. The van der Waals surface area contributed by atoms with Crippen molar-refractivity contribution in [2.75, 3.05) is 6.61 Å². The fourth-order valence-electron chi connectivity index (χ4n) is 8.65. The number of aliphatic hydroxyl groups is 2. The van der Waals surface area contributed by atoms with Crippen LogP contribution in [0.4, 0.5) is 0 Å². The van der Waals surface area contributed by atoms with Gasteiger partial charge in [0, 0.05) is 6.42 Å². The minimum absolute atomic E-state index is 0.0568. The van der Waals surface area contributed by atoms with E-state index in [4.69, 9.17) is 0 Å². The van der Waals surface area contributed by atoms with E-state index >= 15 is 0 Å². The third kappa shape index (κ3) is 46.2. The van der Waals surface area contributed by atoms with Crippen molar-refractivity contribution >= 4 is 5.91 Å². The van der Waals surface area contributed by atoms with Crippen LogP contribution in [0.1, 0.15) is 309 Å². The van der Waals surface area contributed by atoms with Crippen LogP contribution in [0.15, 0.2) is 12.2 Å². The molecule has 0 aromatic rings. The summed E-state index contributed by atoms with van der Waals surface area (Å²) in [6.07, 6.45) is 65.1. The Labute approximate surface area is 365 Å². The van der Waals surface area contributed by atoms with Crippen molar-refractivity contribution in [3.8, 4) is 0 Å². The number of nitrogens with one attached hydrogen (secondary N) is 1. The highest BCUT2D eigenvalue weighted by molar-refractivity contribution is 5.76. The van der Waals surface area contributed by atoms with Gasteiger partial charge in [0.2, 0.25) is 5.91 Å². The quantitative estimate of drug-likeness (QED) is 0.0423. The Morgan fingerprint density at radius 2 is 0.638 bits per heavy atom. The predicted molar refractivity (Wildman–Crippen MR) is 258 cm³/mol. The van der Waals surface area contributed by atoms with E-state index in [-0.39, 0.29) is 12.5 Å². The van der Waals surface area contributed by atoms with Crippen molar-refractivity contribution in [1.29, 1.82) is 0 Å². The molecule has 0 aliphatic carbocycles. The van der Waals surface area contributed by atoms with Gasteiger partial charge < -0.3 is 15.5 Å². The lowest BCUT2D eigenvalue weighted by atomic mass is 10.0. The first-order valence-electron chi connectivity index (χ1n) is 26.9. The standard InChI is InChI=1S/C54H107NO3/c1-3-5-7-9-11-13-15-17-19-21-22-23-24-25-26-27-28-29-30-31-32-33-34-36-38-40-42-44-46-48-50-54(58)55-52(51-56)53(57)49-47-45-43-41-39-37-35-20-18-16-14-12-10-8-6-4-2/h47,49,52-53,56-57H,3-46,48,50-51H2,1-2H3,(H,55,58)/b49-47+/t52-,53+/m0/s1. The maximum absolute atomic E-state index is 12.4. The maximum Gasteiger partial charge on any atom is 0.220 e. The smallest absolute Gasteiger partial charge is 0.220 e. The zero-order chi connectivity index (χ0) is 42.1. The van der Waals surface area contributed by atoms with E-state index in [1.54, 1.807) is 6.08 Å². The highest BCUT2D eigenvalue weighted by Crippen LogP contribution is 2.18. The van der Waals surface area contributed by atoms with Gasteiger partial charge >= 0.3 is 0 Å². The molecule has 0 heterocycles. The normalized spacial score (nSPS) is 12.8. The molecule has 4 heteroatoms. The van der Waals surface area contributed by atoms with E-state index in [0.717, 1.165) is 25.7 Å². The zero-order valence-corrected chi connectivity index (χ0v) is 39.8. The number of hydrogen-bond donors (Lipinski definition) is 3. The number of hydrogen-bond acceptors (Lipinski definition) is 3. The number of unbranched alkanes of at least 4 members (excludes halogenated alkanes) is 43. The lowest BCUT2D eigenvalue weighted by Gasteiger charge is -2.20. The summed E-state index contributed by atoms with van der Waals surface area (Å²) in [5.74, 6) is -0.0568. The molecule has 0 rings (SSSR count). The van der Waals surface area contributed by atoms with Gasteiger partial charge in [-0.05, 0) is 19.3 Å². The van der Waals surface area contributed by atoms with Gasteiger partial charge in [-0.15, -0.1) is 0 Å². The molecule has 58 heavy (non-hydrogen) atoms. The molecule has 0 aliphatic rings. The van der Waals surface area contributed by atoms with Crippen molar-refractivity contribution in [3.63, 3.8) is 0 Å². The van der Waals surface area contributed by atoms with Gasteiger partial charge in [-0.1, -0.05) is 296 Å². The van der Waals surface area contributed by atoms with Gasteiger partial charge in [0.25, 0.3) is 0 Å². The van der Waals surface area contributed by atoms with Crippen LogP contribution in [0.25, 0.3) is 0 Å². The average Bonchev–Trinajstić information content (AvgIpc) is 3.23. The Kier molecular flexibility index (Phi) is 49.7. The molecule has 0 spiro atoms. The third-order valence-electron chi connectivity index (χ3n) is 12.8. The van der Waals surface area contributed by atoms with Crippen molar-refractivity contribution in [3.05, 3.63) is 12.2 Å². The maximum atomic E-state index is 12.4. The van der Waals surface area contributed by atoms with Crippen molar-refractivity contribution < 1.29 is 15.0 Å². The molecule has 0 aliphatic heterocycles. The summed E-state index contributed by atoms with van der Waals surface area (Å²) in [4.78, 5) is 12.4. The molecule has 0 aromatic heterocycles. The molecule has 1 amide bonds. The molecule has 0 unspecified atom stereocenters. The first-order chi connectivity index (χ1) is 28.7. The number of carbonyl (C=O) groups excluding carboxylic acids is 1. The van der Waals surface area contributed by atoms with Crippen molar-refractivity contribution in [2.45, 2.75) is 321 Å². The highest BCUT2D eigenvalue weighted by Gasteiger charge is 2.18. The molecule has 4 nitrogen and oxygen atoms in total. The molecule has 0 radical (unpaired) electrons. The van der Waals surface area contributed by atoms with Crippen LogP contribution in [0.5, 0.6) is 0 Å². The van der Waals surface area contributed by atoms with Gasteiger partial charge in [-0.25, -0.2) is 0 Å². The van der Waals surface area contributed by atoms with E-state index in [1.807, 2.05) is 6.08 Å². The van der Waals surface area contributed by atoms with Gasteiger partial charge in [0.1, 0.15) is 0 Å². The van der Waals surface area contributed by atoms with E-state index in [2.05, 4.69) is 19.2 Å². The van der Waals surface area contributed by atoms with Gasteiger partial charge in [-0.2, -0.15) is 0 Å². The SMILES string of the molecule is CCCCCCCCCCCCCCCC/C=C/[C@@H](O)[C@H](CO)NC(=O)CCCCCCCCCCCCCCCCCCCCCCCCCCCCCCCC. The second-order valence-corrected chi connectivity index (χ2v) is 18.7. The molecule has 2 atom stereocenters. The minimum Gasteiger partial charge on any atom is -0.394 e. The molecule has 0 saturated carbocycles. The summed E-state index contributed by atoms with van der Waals surface area (Å²) in [6.45, 7) is 4.34. The Morgan fingerprint density at radius 1 is 0.397 bits per heavy atom. The van der Waals surface area contributed by atoms with Crippen LogP contribution in [-0.2, 0) is 4.79 Å². The molecule has 0 aromatic carbocycles. The van der Waals surface area contributed by atoms with Gasteiger partial charge in [-0.3, -0.25) is 4.79 Å². The van der Waals surface area contributed by atoms with Crippen molar-refractivity contribution in [2.24, 2.45) is 0 Å². The largest absolute Gasteiger partial charge is 0.394 e. The number of allylic oxidation sites excluding steroid dienone is 1. The molecule has 0 saturated heterocycles. The number of rotatable bonds is 50. The fraction of sp³-hybridized carbons (Fsp3) is 0.944. The Hall–Kier alpha value is -0.870. The van der Waals surface area contributed by atoms with E-state index in [0.29, 0.717) is 6.42 Å². The van der Waals surface area contributed by atoms with E-state index in [9.17, 15) is 15.0 Å². The summed E-state index contributed by atoms with van der Waals surface area (Å²) < 4.78 is 0. The van der Waals surface area contributed by atoms with Gasteiger partial charge in [0.15, 0.2) is 0 Å². The molecular formula is C54H107NO3. The van der Waals surface area contributed by atoms with E-state index < -0.39 is 12.1 Å². The summed E-state index contributed by atoms with van der Waals surface area (Å²) in [5, 5.41) is 23.1. The second kappa shape index (κ2) is 50.5. The van der Waals surface area contributed by atoms with Crippen LogP contribution < -0.4 is 5.32 Å². The summed E-state index contributed by atoms with van der Waals surface area (Å²) in [6, 6.07) is -0.617. The number of aliphatic hydroxyl groups excluding tert-OH is 2. The van der Waals surface area contributed by atoms with Crippen LogP contribution in [0, 0.1) is 0 Å². The van der Waals surface area contributed by atoms with Crippen LogP contribution in [0.2, 0.25) is 0 Å². The summed E-state index contributed by atoms with van der Waals surface area (Å²) >= 11 is 0. The zero-order valence-electron chi connectivity index (χ0n) is 39.8. The number of carbonyl (C=O) groups is 1. The number of amides is 1. The van der Waals surface area contributed by atoms with Gasteiger partial charge in [0.05, 0.1) is 18.8 Å². The van der Waals surface area contributed by atoms with Crippen LogP contribution in [-0.4, -0.2) is 34.9 Å². The summed E-state index contributed by atoms with van der Waals surface area (Å²) in [5.41, 5.74) is 0. The highest BCUT2D eigenvalue weighted by atomic mass is 16.3. The molecule has 0 fully saturated rings. The van der Waals surface area contributed by atoms with Crippen molar-refractivity contribution in [1.82, 2.24) is 5.32 Å².